The second-order valence-corrected chi connectivity index (χ2v) is 12.0. The average molecular weight is 543 g/mol. The maximum atomic E-state index is 11.3. The van der Waals surface area contributed by atoms with Crippen LogP contribution in [-0.4, -0.2) is 33.5 Å². The zero-order valence-electron chi connectivity index (χ0n) is 15.4. The monoisotopic (exact) mass is 541 g/mol. The summed E-state index contributed by atoms with van der Waals surface area (Å²) in [6, 6.07) is 9.61. The highest BCUT2D eigenvalue weighted by Gasteiger charge is 2.38. The maximum Gasteiger partial charge on any atom is 0.428 e. The van der Waals surface area contributed by atoms with Gasteiger partial charge in [-0.25, -0.2) is 4.57 Å². The van der Waals surface area contributed by atoms with E-state index >= 15 is 0 Å². The summed E-state index contributed by atoms with van der Waals surface area (Å²) in [5.74, 6) is -0.441. The molecule has 0 saturated carbocycles. The van der Waals surface area contributed by atoms with Crippen LogP contribution in [0.3, 0.4) is 0 Å². The minimum absolute atomic E-state index is 0.0271. The summed E-state index contributed by atoms with van der Waals surface area (Å²) in [4.78, 5) is 12.8. The van der Waals surface area contributed by atoms with Crippen LogP contribution in [-0.2, 0) is 14.7 Å². The third-order valence-corrected chi connectivity index (χ3v) is 5.99. The Kier molecular flexibility index (Phi) is 8.08. The zero-order valence-corrected chi connectivity index (χ0v) is 19.3. The lowest BCUT2D eigenvalue weighted by Crippen LogP contribution is -2.22. The van der Waals surface area contributed by atoms with E-state index in [4.69, 9.17) is 44.2 Å². The van der Waals surface area contributed by atoms with E-state index in [1.807, 2.05) is 0 Å². The van der Waals surface area contributed by atoms with E-state index < -0.39 is 37.8 Å². The zero-order chi connectivity index (χ0) is 24.3. The molecule has 16 heteroatoms. The number of hydrogen-bond donors (Lipinski definition) is 2. The predicted octanol–water partition coefficient (Wildman–Crippen LogP) is 5.30. The van der Waals surface area contributed by atoms with Crippen LogP contribution < -0.4 is 4.52 Å². The van der Waals surface area contributed by atoms with Crippen LogP contribution >= 0.6 is 40.2 Å². The molecule has 0 saturated heterocycles. The van der Waals surface area contributed by atoms with Crippen molar-refractivity contribution < 1.29 is 36.9 Å². The molecular formula is C16H11Cl3N3O8PS. The molecule has 2 N–H and O–H groups in total. The van der Waals surface area contributed by atoms with Crippen LogP contribution in [0.1, 0.15) is 16.4 Å². The molecule has 1 aliphatic carbocycles. The highest BCUT2D eigenvalue weighted by atomic mass is 35.9. The van der Waals surface area contributed by atoms with Gasteiger partial charge < -0.3 is 15.2 Å². The fourth-order valence-electron chi connectivity index (χ4n) is 2.55. The lowest BCUT2D eigenvalue weighted by molar-refractivity contribution is -0.384. The summed E-state index contributed by atoms with van der Waals surface area (Å²) in [7, 11) is -4.64. The Bertz CT molecular complexity index is 1310. The van der Waals surface area contributed by atoms with Crippen molar-refractivity contribution in [2.24, 2.45) is 0 Å². The number of aliphatic hydroxyl groups excluding tert-OH is 1. The van der Waals surface area contributed by atoms with E-state index in [1.165, 1.54) is 6.07 Å². The normalized spacial score (nSPS) is 15.4. The molecule has 1 aliphatic rings. The fourth-order valence-corrected chi connectivity index (χ4v) is 4.43. The summed E-state index contributed by atoms with van der Waals surface area (Å²) in [6.07, 6.45) is -2.82. The average Bonchev–Trinajstić information content (AvgIpc) is 2.67. The quantitative estimate of drug-likeness (QED) is 0.130. The van der Waals surface area contributed by atoms with Crippen molar-refractivity contribution in [3.8, 4) is 5.75 Å². The number of rotatable bonds is 4. The van der Waals surface area contributed by atoms with Gasteiger partial charge in [-0.15, -0.1) is 0 Å². The van der Waals surface area contributed by atoms with Crippen molar-refractivity contribution in [1.29, 1.82) is 0 Å². The van der Waals surface area contributed by atoms with Gasteiger partial charge in [-0.2, -0.15) is 13.2 Å². The highest BCUT2D eigenvalue weighted by Crippen LogP contribution is 2.57. The maximum absolute atomic E-state index is 11.3. The number of fused-ring (bicyclic) bond motifs is 1. The molecular weight excluding hydrogens is 532 g/mol. The van der Waals surface area contributed by atoms with Gasteiger partial charge in [0.2, 0.25) is 5.76 Å². The number of hydrogen-bond acceptors (Lipinski definition) is 7. The van der Waals surface area contributed by atoms with Crippen LogP contribution in [0, 0.1) is 10.1 Å². The van der Waals surface area contributed by atoms with Crippen LogP contribution in [0.25, 0.3) is 5.53 Å². The number of nitro benzene ring substituents is 1. The van der Waals surface area contributed by atoms with Gasteiger partial charge in [0.05, 0.1) is 15.5 Å². The Morgan fingerprint density at radius 2 is 1.84 bits per heavy atom. The highest BCUT2D eigenvalue weighted by molar-refractivity contribution is 8.05. The molecule has 1 atom stereocenters. The first-order chi connectivity index (χ1) is 14.7. The first-order valence-electron chi connectivity index (χ1n) is 8.06. The minimum Gasteiger partial charge on any atom is -0.502 e. The summed E-state index contributed by atoms with van der Waals surface area (Å²) in [6.45, 7) is 0. The SMILES string of the molecule is O=P(Cl)(Cl)Oc1ccccc1Cl.[N-]=[N+]=C1C(O)=CC(S(=O)(=O)O)c2cc([N+](=O)[O-])ccc21. The lowest BCUT2D eigenvalue weighted by Gasteiger charge is -2.17. The molecule has 32 heavy (non-hydrogen) atoms. The van der Waals surface area contributed by atoms with Gasteiger partial charge in [-0.3, -0.25) is 14.7 Å². The largest absolute Gasteiger partial charge is 0.502 e. The lowest BCUT2D eigenvalue weighted by atomic mass is 9.93. The van der Waals surface area contributed by atoms with Crippen molar-refractivity contribution in [3.05, 3.63) is 86.1 Å². The van der Waals surface area contributed by atoms with Crippen LogP contribution in [0.5, 0.6) is 5.75 Å². The molecule has 0 spiro atoms. The molecule has 2 aromatic carbocycles. The number of non-ortho nitro benzene ring substituents is 1. The van der Waals surface area contributed by atoms with Crippen molar-refractivity contribution in [1.82, 2.24) is 0 Å². The van der Waals surface area contributed by atoms with Crippen molar-refractivity contribution >= 4 is 61.7 Å². The number of aliphatic hydroxyl groups is 1. The molecule has 0 bridgehead atoms. The Hall–Kier alpha value is -2.43. The number of allylic oxidation sites excluding steroid dienone is 1. The number of benzene rings is 2. The molecule has 2 aromatic rings. The van der Waals surface area contributed by atoms with E-state index in [2.05, 4.69) is 9.31 Å². The van der Waals surface area contributed by atoms with Gasteiger partial charge in [-0.05, 0) is 29.8 Å². The number of nitrogens with zero attached hydrogens (tertiary/aromatic N) is 3. The molecule has 170 valence electrons. The molecule has 0 heterocycles. The molecule has 1 unspecified atom stereocenters. The Labute approximate surface area is 195 Å². The standard InChI is InChI=1S/C10H7N3O6S.C6H4Cl3O2P/c11-12-10-6-2-1-5(13(15)16)3-7(6)9(4-8(10)14)20(17,18)19;7-5-3-1-2-4-6(5)11-12(8,9)10/h1-4,9,14H,(H,17,18,19);1-4H. The number of nitro groups is 1. The van der Waals surface area contributed by atoms with Gasteiger partial charge in [0.1, 0.15) is 11.0 Å². The topological polar surface area (TPSA) is 180 Å². The Balaban J connectivity index is 0.000000258. The molecule has 11 nitrogen and oxygen atoms in total. The number of halogens is 3. The van der Waals surface area contributed by atoms with E-state index in [-0.39, 0.29) is 22.6 Å². The van der Waals surface area contributed by atoms with Gasteiger partial charge in [0.15, 0.2) is 0 Å². The fraction of sp³-hybridized carbons (Fsp3) is 0.0625. The van der Waals surface area contributed by atoms with Crippen molar-refractivity contribution in [2.75, 3.05) is 0 Å². The van der Waals surface area contributed by atoms with Crippen molar-refractivity contribution in [2.45, 2.75) is 5.25 Å². The van der Waals surface area contributed by atoms with Gasteiger partial charge in [0, 0.05) is 34.6 Å². The molecule has 0 aliphatic heterocycles. The van der Waals surface area contributed by atoms with E-state index in [1.54, 1.807) is 18.2 Å². The van der Waals surface area contributed by atoms with Crippen LogP contribution in [0.15, 0.2) is 54.3 Å². The summed E-state index contributed by atoms with van der Waals surface area (Å²) in [5.41, 5.74) is 7.89. The predicted molar refractivity (Wildman–Crippen MR) is 117 cm³/mol. The molecule has 0 amide bonds. The second-order valence-electron chi connectivity index (χ2n) is 5.90. The van der Waals surface area contributed by atoms with E-state index in [0.29, 0.717) is 5.02 Å². The van der Waals surface area contributed by atoms with Crippen molar-refractivity contribution in [3.63, 3.8) is 0 Å². The van der Waals surface area contributed by atoms with Crippen LogP contribution in [0.4, 0.5) is 5.69 Å². The molecule has 0 fully saturated rings. The summed E-state index contributed by atoms with van der Waals surface area (Å²) >= 11 is 16.0. The van der Waals surface area contributed by atoms with Crippen LogP contribution in [0.2, 0.25) is 5.02 Å². The molecule has 3 rings (SSSR count). The Morgan fingerprint density at radius 3 is 2.34 bits per heavy atom. The number of para-hydroxylation sites is 1. The van der Waals surface area contributed by atoms with E-state index in [9.17, 15) is 28.2 Å². The third-order valence-electron chi connectivity index (χ3n) is 3.82. The van der Waals surface area contributed by atoms with Gasteiger partial charge >= 0.3 is 11.8 Å². The first kappa shape index (κ1) is 25.8. The minimum atomic E-state index is -4.64. The van der Waals surface area contributed by atoms with Gasteiger partial charge in [0.25, 0.3) is 15.8 Å². The van der Waals surface area contributed by atoms with Gasteiger partial charge in [-0.1, -0.05) is 23.7 Å². The second kappa shape index (κ2) is 10.0. The molecule has 0 aromatic heterocycles. The molecule has 0 radical (unpaired) electrons. The Morgan fingerprint density at radius 1 is 1.22 bits per heavy atom. The third kappa shape index (κ3) is 6.54. The summed E-state index contributed by atoms with van der Waals surface area (Å²) in [5, 5.41) is 18.9. The summed E-state index contributed by atoms with van der Waals surface area (Å²) < 4.78 is 47.2. The smallest absolute Gasteiger partial charge is 0.428 e. The first-order valence-corrected chi connectivity index (χ1v) is 13.4. The van der Waals surface area contributed by atoms with E-state index in [0.717, 1.165) is 24.3 Å².